The lowest BCUT2D eigenvalue weighted by Gasteiger charge is -2.24. The summed E-state index contributed by atoms with van der Waals surface area (Å²) >= 11 is 11.9. The summed E-state index contributed by atoms with van der Waals surface area (Å²) in [6.07, 6.45) is 0.973. The molecular formula is C12H15Cl3N2O. The van der Waals surface area contributed by atoms with Crippen molar-refractivity contribution in [3.05, 3.63) is 33.8 Å². The second-order valence-corrected chi connectivity index (χ2v) is 5.03. The zero-order valence-electron chi connectivity index (χ0n) is 9.95. The Morgan fingerprint density at radius 1 is 1.44 bits per heavy atom. The summed E-state index contributed by atoms with van der Waals surface area (Å²) in [6, 6.07) is 5.18. The van der Waals surface area contributed by atoms with Gasteiger partial charge in [-0.2, -0.15) is 0 Å². The minimum atomic E-state index is -0.0776. The monoisotopic (exact) mass is 308 g/mol. The van der Waals surface area contributed by atoms with Crippen molar-refractivity contribution >= 4 is 41.5 Å². The molecule has 0 aromatic heterocycles. The molecule has 6 heteroatoms. The molecule has 0 bridgehead atoms. The standard InChI is InChI=1S/C12H14Cl2N2O.ClH/c1-16(9-4-5-15-7-9)12(17)10-6-8(13)2-3-11(10)14;/h2-3,6,9,15H,4-5,7H2,1H3;1H/t9-;/m1./s1. The fourth-order valence-electron chi connectivity index (χ4n) is 1.99. The number of nitrogens with one attached hydrogen (secondary N) is 1. The molecule has 0 radical (unpaired) electrons. The topological polar surface area (TPSA) is 32.3 Å². The highest BCUT2D eigenvalue weighted by Crippen LogP contribution is 2.23. The molecule has 0 aliphatic carbocycles. The van der Waals surface area contributed by atoms with Crippen molar-refractivity contribution in [2.24, 2.45) is 0 Å². The second-order valence-electron chi connectivity index (χ2n) is 4.19. The molecule has 0 saturated carbocycles. The summed E-state index contributed by atoms with van der Waals surface area (Å²) in [6.45, 7) is 1.78. The van der Waals surface area contributed by atoms with Crippen LogP contribution in [0.5, 0.6) is 0 Å². The van der Waals surface area contributed by atoms with Gasteiger partial charge in [0.05, 0.1) is 10.6 Å². The third-order valence-electron chi connectivity index (χ3n) is 3.06. The highest BCUT2D eigenvalue weighted by molar-refractivity contribution is 6.35. The number of likely N-dealkylation sites (N-methyl/N-ethyl adjacent to an activating group) is 1. The van der Waals surface area contributed by atoms with Crippen molar-refractivity contribution in [2.45, 2.75) is 12.5 Å². The van der Waals surface area contributed by atoms with Crippen LogP contribution < -0.4 is 5.32 Å². The lowest BCUT2D eigenvalue weighted by atomic mass is 10.1. The minimum absolute atomic E-state index is 0. The van der Waals surface area contributed by atoms with Gasteiger partial charge in [-0.25, -0.2) is 0 Å². The van der Waals surface area contributed by atoms with E-state index in [9.17, 15) is 4.79 Å². The van der Waals surface area contributed by atoms with Crippen molar-refractivity contribution in [3.63, 3.8) is 0 Å². The fraction of sp³-hybridized carbons (Fsp3) is 0.417. The van der Waals surface area contributed by atoms with E-state index in [4.69, 9.17) is 23.2 Å². The van der Waals surface area contributed by atoms with Crippen LogP contribution in [0.2, 0.25) is 10.0 Å². The number of rotatable bonds is 2. The van der Waals surface area contributed by atoms with Gasteiger partial charge in [-0.15, -0.1) is 12.4 Å². The molecular weight excluding hydrogens is 295 g/mol. The number of carbonyl (C=O) groups is 1. The number of hydrogen-bond donors (Lipinski definition) is 1. The molecule has 1 heterocycles. The Morgan fingerprint density at radius 3 is 2.78 bits per heavy atom. The SMILES string of the molecule is CN(C(=O)c1cc(Cl)ccc1Cl)[C@@H]1CCNC1.Cl. The van der Waals surface area contributed by atoms with Gasteiger partial charge in [0.15, 0.2) is 0 Å². The van der Waals surface area contributed by atoms with Crippen molar-refractivity contribution in [2.75, 3.05) is 20.1 Å². The highest BCUT2D eigenvalue weighted by Gasteiger charge is 2.25. The highest BCUT2D eigenvalue weighted by atomic mass is 35.5. The van der Waals surface area contributed by atoms with Crippen molar-refractivity contribution < 1.29 is 4.79 Å². The van der Waals surface area contributed by atoms with Crippen LogP contribution >= 0.6 is 35.6 Å². The molecule has 0 unspecified atom stereocenters. The zero-order chi connectivity index (χ0) is 12.4. The van der Waals surface area contributed by atoms with Crippen LogP contribution in [0.1, 0.15) is 16.8 Å². The predicted octanol–water partition coefficient (Wildman–Crippen LogP) is 2.85. The van der Waals surface area contributed by atoms with E-state index in [1.54, 1.807) is 30.1 Å². The Morgan fingerprint density at radius 2 is 2.17 bits per heavy atom. The molecule has 1 aliphatic rings. The number of nitrogens with zero attached hydrogens (tertiary/aromatic N) is 1. The largest absolute Gasteiger partial charge is 0.337 e. The third-order valence-corrected chi connectivity index (χ3v) is 3.63. The van der Waals surface area contributed by atoms with E-state index in [0.29, 0.717) is 15.6 Å². The van der Waals surface area contributed by atoms with Gasteiger partial charge in [-0.3, -0.25) is 4.79 Å². The van der Waals surface area contributed by atoms with Crippen LogP contribution in [0.4, 0.5) is 0 Å². The van der Waals surface area contributed by atoms with Crippen LogP contribution in [0.15, 0.2) is 18.2 Å². The van der Waals surface area contributed by atoms with E-state index in [0.717, 1.165) is 19.5 Å². The third kappa shape index (κ3) is 3.29. The van der Waals surface area contributed by atoms with Gasteiger partial charge < -0.3 is 10.2 Å². The number of carbonyl (C=O) groups excluding carboxylic acids is 1. The first-order valence-electron chi connectivity index (χ1n) is 5.52. The van der Waals surface area contributed by atoms with Gasteiger partial charge in [0, 0.05) is 24.7 Å². The van der Waals surface area contributed by atoms with Gasteiger partial charge in [0.1, 0.15) is 0 Å². The molecule has 1 aromatic rings. The molecule has 1 aromatic carbocycles. The molecule has 1 saturated heterocycles. The lowest BCUT2D eigenvalue weighted by molar-refractivity contribution is 0.0744. The van der Waals surface area contributed by atoms with Gasteiger partial charge in [-0.05, 0) is 31.2 Å². The average molecular weight is 310 g/mol. The van der Waals surface area contributed by atoms with Crippen molar-refractivity contribution in [3.8, 4) is 0 Å². The Kier molecular flexibility index (Phi) is 5.73. The molecule has 2 rings (SSSR count). The summed E-state index contributed by atoms with van der Waals surface area (Å²) in [4.78, 5) is 14.0. The van der Waals surface area contributed by atoms with Gasteiger partial charge in [-0.1, -0.05) is 23.2 Å². The maximum atomic E-state index is 12.3. The molecule has 1 aliphatic heterocycles. The summed E-state index contributed by atoms with van der Waals surface area (Å²) < 4.78 is 0. The second kappa shape index (κ2) is 6.62. The van der Waals surface area contributed by atoms with Crippen LogP contribution in [-0.2, 0) is 0 Å². The first-order chi connectivity index (χ1) is 8.09. The lowest BCUT2D eigenvalue weighted by Crippen LogP contribution is -2.38. The van der Waals surface area contributed by atoms with E-state index < -0.39 is 0 Å². The van der Waals surface area contributed by atoms with Crippen molar-refractivity contribution in [1.82, 2.24) is 10.2 Å². The first kappa shape index (κ1) is 15.6. The van der Waals surface area contributed by atoms with Gasteiger partial charge in [0.2, 0.25) is 0 Å². The van der Waals surface area contributed by atoms with E-state index in [-0.39, 0.29) is 24.4 Å². The molecule has 3 nitrogen and oxygen atoms in total. The normalized spacial score (nSPS) is 18.3. The zero-order valence-corrected chi connectivity index (χ0v) is 12.3. The maximum Gasteiger partial charge on any atom is 0.255 e. The van der Waals surface area contributed by atoms with E-state index in [2.05, 4.69) is 5.32 Å². The van der Waals surface area contributed by atoms with Crippen LogP contribution in [0.3, 0.4) is 0 Å². The number of hydrogen-bond acceptors (Lipinski definition) is 2. The summed E-state index contributed by atoms with van der Waals surface area (Å²) in [5.41, 5.74) is 0.466. The number of halogens is 3. The van der Waals surface area contributed by atoms with E-state index in [1.165, 1.54) is 0 Å². The van der Waals surface area contributed by atoms with Crippen molar-refractivity contribution in [1.29, 1.82) is 0 Å². The van der Waals surface area contributed by atoms with Gasteiger partial charge >= 0.3 is 0 Å². The van der Waals surface area contributed by atoms with Gasteiger partial charge in [0.25, 0.3) is 5.91 Å². The van der Waals surface area contributed by atoms with E-state index in [1.807, 2.05) is 0 Å². The quantitative estimate of drug-likeness (QED) is 0.911. The number of amides is 1. The Hall–Kier alpha value is -0.480. The first-order valence-corrected chi connectivity index (χ1v) is 6.28. The van der Waals surface area contributed by atoms with Crippen LogP contribution in [-0.4, -0.2) is 37.0 Å². The molecule has 1 amide bonds. The average Bonchev–Trinajstić information content (AvgIpc) is 2.84. The summed E-state index contributed by atoms with van der Waals surface area (Å²) in [5, 5.41) is 4.20. The molecule has 1 fully saturated rings. The predicted molar refractivity (Wildman–Crippen MR) is 77.1 cm³/mol. The maximum absolute atomic E-state index is 12.3. The minimum Gasteiger partial charge on any atom is -0.337 e. The van der Waals surface area contributed by atoms with Crippen LogP contribution in [0.25, 0.3) is 0 Å². The molecule has 0 spiro atoms. The van der Waals surface area contributed by atoms with E-state index >= 15 is 0 Å². The molecule has 1 N–H and O–H groups in total. The summed E-state index contributed by atoms with van der Waals surface area (Å²) in [7, 11) is 1.80. The summed E-state index contributed by atoms with van der Waals surface area (Å²) in [5.74, 6) is -0.0776. The van der Waals surface area contributed by atoms with Crippen LogP contribution in [0, 0.1) is 0 Å². The fourth-order valence-corrected chi connectivity index (χ4v) is 2.36. The smallest absolute Gasteiger partial charge is 0.255 e. The Balaban J connectivity index is 0.00000162. The molecule has 1 atom stereocenters. The Labute approximate surface area is 123 Å². The Bertz CT molecular complexity index is 433. The molecule has 100 valence electrons. The molecule has 18 heavy (non-hydrogen) atoms. The number of benzene rings is 1.